The Labute approximate surface area is 163 Å². The van der Waals surface area contributed by atoms with Crippen molar-refractivity contribution >= 4 is 24.7 Å². The molecule has 0 unspecified atom stereocenters. The molecule has 2 aromatic rings. The summed E-state index contributed by atoms with van der Waals surface area (Å²) in [6, 6.07) is 20.1. The van der Waals surface area contributed by atoms with Crippen molar-refractivity contribution in [1.82, 2.24) is 0 Å². The van der Waals surface area contributed by atoms with Gasteiger partial charge in [-0.05, 0) is 41.6 Å². The van der Waals surface area contributed by atoms with E-state index in [-0.39, 0.29) is 11.0 Å². The maximum Gasteiger partial charge on any atom is 0.330 e. The SMILES string of the molecule is COC(=O)/C=C(\C)CCCC(C)(C)[Si](O)(c1ccccc1)c1ccccc1. The number of carbonyl (C=O) groups excluding carboxylic acids is 1. The van der Waals surface area contributed by atoms with Gasteiger partial charge in [0.15, 0.2) is 0 Å². The fourth-order valence-electron chi connectivity index (χ4n) is 3.63. The molecule has 144 valence electrons. The summed E-state index contributed by atoms with van der Waals surface area (Å²) in [4.78, 5) is 23.5. The number of carbonyl (C=O) groups is 1. The molecule has 0 heterocycles. The van der Waals surface area contributed by atoms with Crippen molar-refractivity contribution in [3.05, 3.63) is 72.3 Å². The predicted octanol–water partition coefficient (Wildman–Crippen LogP) is 3.81. The quantitative estimate of drug-likeness (QED) is 0.429. The molecule has 3 nitrogen and oxygen atoms in total. The Morgan fingerprint density at radius 3 is 1.96 bits per heavy atom. The van der Waals surface area contributed by atoms with Crippen LogP contribution in [0.2, 0.25) is 5.04 Å². The lowest BCUT2D eigenvalue weighted by Crippen LogP contribution is -2.65. The second-order valence-electron chi connectivity index (χ2n) is 7.69. The van der Waals surface area contributed by atoms with Gasteiger partial charge in [0.2, 0.25) is 0 Å². The average molecular weight is 383 g/mol. The van der Waals surface area contributed by atoms with Crippen LogP contribution in [0.25, 0.3) is 0 Å². The molecule has 2 rings (SSSR count). The lowest BCUT2D eigenvalue weighted by molar-refractivity contribution is -0.134. The second-order valence-corrected chi connectivity index (χ2v) is 11.6. The van der Waals surface area contributed by atoms with Gasteiger partial charge in [0, 0.05) is 6.08 Å². The standard InChI is InChI=1S/C23H30O3Si/c1-19(18-22(24)26-4)12-11-17-23(2,3)27(25,20-13-7-5-8-14-20)21-15-9-6-10-16-21/h5-10,13-16,18,25H,11-12,17H2,1-4H3/b19-18+. The normalized spacial score (nSPS) is 12.7. The molecule has 4 heteroatoms. The number of hydrogen-bond acceptors (Lipinski definition) is 3. The Hall–Kier alpha value is -2.17. The molecule has 0 spiro atoms. The molecule has 0 aromatic heterocycles. The first-order valence-electron chi connectivity index (χ1n) is 9.40. The van der Waals surface area contributed by atoms with Gasteiger partial charge in [-0.2, -0.15) is 0 Å². The van der Waals surface area contributed by atoms with E-state index in [1.807, 2.05) is 67.6 Å². The van der Waals surface area contributed by atoms with Crippen LogP contribution in [0.1, 0.15) is 40.0 Å². The van der Waals surface area contributed by atoms with E-state index in [4.69, 9.17) is 0 Å². The van der Waals surface area contributed by atoms with E-state index >= 15 is 0 Å². The monoisotopic (exact) mass is 382 g/mol. The summed E-state index contributed by atoms with van der Waals surface area (Å²) in [7, 11) is -1.56. The van der Waals surface area contributed by atoms with Gasteiger partial charge < -0.3 is 9.53 Å². The molecule has 0 bridgehead atoms. The minimum absolute atomic E-state index is 0.263. The second kappa shape index (κ2) is 9.15. The van der Waals surface area contributed by atoms with Crippen molar-refractivity contribution in [2.45, 2.75) is 45.1 Å². The molecule has 2 aromatic carbocycles. The third-order valence-corrected chi connectivity index (χ3v) is 9.85. The zero-order valence-electron chi connectivity index (χ0n) is 16.7. The molecule has 0 fully saturated rings. The Balaban J connectivity index is 2.27. The number of benzene rings is 2. The van der Waals surface area contributed by atoms with Gasteiger partial charge in [0.25, 0.3) is 8.32 Å². The van der Waals surface area contributed by atoms with Crippen LogP contribution in [0.15, 0.2) is 72.3 Å². The summed E-state index contributed by atoms with van der Waals surface area (Å²) in [5.74, 6) is -0.314. The van der Waals surface area contributed by atoms with Crippen LogP contribution in [0, 0.1) is 0 Å². The van der Waals surface area contributed by atoms with Crippen LogP contribution in [-0.2, 0) is 9.53 Å². The first-order chi connectivity index (χ1) is 12.8. The lowest BCUT2D eigenvalue weighted by Gasteiger charge is -2.41. The van der Waals surface area contributed by atoms with E-state index in [1.54, 1.807) is 6.08 Å². The zero-order valence-corrected chi connectivity index (χ0v) is 17.7. The first-order valence-corrected chi connectivity index (χ1v) is 11.3. The third kappa shape index (κ3) is 4.96. The van der Waals surface area contributed by atoms with E-state index in [9.17, 15) is 9.59 Å². The Bertz CT molecular complexity index is 727. The maximum atomic E-state index is 12.1. The summed E-state index contributed by atoms with van der Waals surface area (Å²) in [6.45, 7) is 6.28. The largest absolute Gasteiger partial charge is 0.466 e. The van der Waals surface area contributed by atoms with E-state index in [2.05, 4.69) is 18.6 Å². The fourth-order valence-corrected chi connectivity index (χ4v) is 7.41. The van der Waals surface area contributed by atoms with Crippen molar-refractivity contribution in [2.75, 3.05) is 7.11 Å². The Morgan fingerprint density at radius 1 is 1.04 bits per heavy atom. The van der Waals surface area contributed by atoms with Gasteiger partial charge in [-0.3, -0.25) is 0 Å². The number of hydrogen-bond donors (Lipinski definition) is 1. The highest BCUT2D eigenvalue weighted by Crippen LogP contribution is 2.40. The van der Waals surface area contributed by atoms with E-state index < -0.39 is 8.32 Å². The zero-order chi connectivity index (χ0) is 19.9. The minimum Gasteiger partial charge on any atom is -0.466 e. The lowest BCUT2D eigenvalue weighted by atomic mass is 10.0. The molecular formula is C23H30O3Si. The van der Waals surface area contributed by atoms with Gasteiger partial charge >= 0.3 is 5.97 Å². The highest BCUT2D eigenvalue weighted by molar-refractivity contribution is 6.98. The third-order valence-electron chi connectivity index (χ3n) is 5.30. The number of esters is 1. The highest BCUT2D eigenvalue weighted by Gasteiger charge is 2.49. The van der Waals surface area contributed by atoms with Crippen LogP contribution >= 0.6 is 0 Å². The van der Waals surface area contributed by atoms with Crippen LogP contribution in [-0.4, -0.2) is 26.2 Å². The number of ether oxygens (including phenoxy) is 1. The van der Waals surface area contributed by atoms with Gasteiger partial charge in [0.1, 0.15) is 0 Å². The van der Waals surface area contributed by atoms with Crippen molar-refractivity contribution in [2.24, 2.45) is 0 Å². The molecule has 0 saturated carbocycles. The van der Waals surface area contributed by atoms with Crippen molar-refractivity contribution in [3.8, 4) is 0 Å². The van der Waals surface area contributed by atoms with E-state index in [0.29, 0.717) is 0 Å². The molecular weight excluding hydrogens is 352 g/mol. The summed E-state index contributed by atoms with van der Waals surface area (Å²) in [5.41, 5.74) is 1.00. The molecule has 0 aliphatic rings. The van der Waals surface area contributed by atoms with Crippen LogP contribution in [0.4, 0.5) is 0 Å². The molecule has 0 radical (unpaired) electrons. The highest BCUT2D eigenvalue weighted by atomic mass is 28.4. The number of methoxy groups -OCH3 is 1. The smallest absolute Gasteiger partial charge is 0.330 e. The summed E-state index contributed by atoms with van der Waals surface area (Å²) < 4.78 is 4.69. The maximum absolute atomic E-state index is 12.1. The predicted molar refractivity (Wildman–Crippen MR) is 114 cm³/mol. The Kier molecular flexibility index (Phi) is 7.16. The summed E-state index contributed by atoms with van der Waals surface area (Å²) in [5, 5.41) is 1.80. The fraction of sp³-hybridized carbons (Fsp3) is 0.348. The topological polar surface area (TPSA) is 46.5 Å². The molecule has 0 aliphatic heterocycles. The van der Waals surface area contributed by atoms with Crippen molar-refractivity contribution < 1.29 is 14.3 Å². The van der Waals surface area contributed by atoms with Crippen molar-refractivity contribution in [3.63, 3.8) is 0 Å². The first kappa shape index (κ1) is 21.1. The number of allylic oxidation sites excluding steroid dienone is 1. The summed E-state index contributed by atoms with van der Waals surface area (Å²) in [6.07, 6.45) is 4.13. The van der Waals surface area contributed by atoms with Gasteiger partial charge in [-0.15, -0.1) is 0 Å². The Morgan fingerprint density at radius 2 is 1.52 bits per heavy atom. The van der Waals surface area contributed by atoms with Gasteiger partial charge in [-0.1, -0.05) is 80.1 Å². The average Bonchev–Trinajstić information content (AvgIpc) is 2.68. The van der Waals surface area contributed by atoms with Gasteiger partial charge in [-0.25, -0.2) is 4.79 Å². The van der Waals surface area contributed by atoms with Crippen LogP contribution in [0.3, 0.4) is 0 Å². The number of rotatable bonds is 8. The van der Waals surface area contributed by atoms with E-state index in [1.165, 1.54) is 7.11 Å². The molecule has 0 amide bonds. The molecule has 0 atom stereocenters. The molecule has 1 N–H and O–H groups in total. The van der Waals surface area contributed by atoms with Crippen LogP contribution < -0.4 is 10.4 Å². The summed E-state index contributed by atoms with van der Waals surface area (Å²) >= 11 is 0. The van der Waals surface area contributed by atoms with Crippen LogP contribution in [0.5, 0.6) is 0 Å². The van der Waals surface area contributed by atoms with Gasteiger partial charge in [0.05, 0.1) is 7.11 Å². The molecule has 0 saturated heterocycles. The molecule has 0 aliphatic carbocycles. The minimum atomic E-state index is -2.95. The van der Waals surface area contributed by atoms with Crippen molar-refractivity contribution in [1.29, 1.82) is 0 Å². The van der Waals surface area contributed by atoms with E-state index in [0.717, 1.165) is 35.2 Å². The molecule has 27 heavy (non-hydrogen) atoms.